The summed E-state index contributed by atoms with van der Waals surface area (Å²) in [5.74, 6) is 0.969. The molecule has 0 aliphatic carbocycles. The highest BCUT2D eigenvalue weighted by atomic mass is 16.5. The Morgan fingerprint density at radius 3 is 2.83 bits per heavy atom. The first-order chi connectivity index (χ1) is 17.0. The lowest BCUT2D eigenvalue weighted by molar-refractivity contribution is 0.0985. The van der Waals surface area contributed by atoms with Gasteiger partial charge < -0.3 is 19.7 Å². The van der Waals surface area contributed by atoms with E-state index >= 15 is 0 Å². The number of hydrogen-bond donors (Lipinski definition) is 2. The minimum atomic E-state index is 0.0918. The van der Waals surface area contributed by atoms with E-state index in [1.807, 2.05) is 42.9 Å². The molecule has 0 saturated carbocycles. The number of anilines is 1. The average molecular weight is 471 g/mol. The predicted molar refractivity (Wildman–Crippen MR) is 132 cm³/mol. The van der Waals surface area contributed by atoms with Crippen LogP contribution in [0.4, 0.5) is 5.82 Å². The Bertz CT molecular complexity index is 1520. The monoisotopic (exact) mass is 470 g/mol. The Labute approximate surface area is 201 Å². The SMILES string of the molecule is Cc1nn(-c2cncc(O)c2)c(C)c1-c1cc(N2CCOC[C@H]2C)nc2c(-c3ccc[nH]3)cnn12. The Balaban J connectivity index is 1.59. The molecule has 1 saturated heterocycles. The van der Waals surface area contributed by atoms with Crippen LogP contribution in [-0.4, -0.2) is 65.3 Å². The second kappa shape index (κ2) is 8.24. The molecule has 1 atom stereocenters. The van der Waals surface area contributed by atoms with E-state index in [4.69, 9.17) is 19.9 Å². The summed E-state index contributed by atoms with van der Waals surface area (Å²) in [6.45, 7) is 8.23. The largest absolute Gasteiger partial charge is 0.506 e. The van der Waals surface area contributed by atoms with Crippen molar-refractivity contribution >= 4 is 11.5 Å². The van der Waals surface area contributed by atoms with Gasteiger partial charge in [-0.3, -0.25) is 4.98 Å². The maximum absolute atomic E-state index is 9.95. The molecule has 1 aliphatic rings. The quantitative estimate of drug-likeness (QED) is 0.414. The predicted octanol–water partition coefficient (Wildman–Crippen LogP) is 3.52. The van der Waals surface area contributed by atoms with Crippen molar-refractivity contribution in [2.75, 3.05) is 24.7 Å². The fraction of sp³-hybridized carbons (Fsp3) is 0.280. The van der Waals surface area contributed by atoms with Crippen molar-refractivity contribution in [2.24, 2.45) is 0 Å². The van der Waals surface area contributed by atoms with Crippen LogP contribution in [0.1, 0.15) is 18.3 Å². The Morgan fingerprint density at radius 1 is 1.17 bits per heavy atom. The van der Waals surface area contributed by atoms with E-state index in [1.165, 1.54) is 6.20 Å². The highest BCUT2D eigenvalue weighted by molar-refractivity contribution is 5.80. The van der Waals surface area contributed by atoms with Crippen LogP contribution in [0.25, 0.3) is 33.8 Å². The summed E-state index contributed by atoms with van der Waals surface area (Å²) in [4.78, 5) is 14.7. The topological polar surface area (TPSA) is 109 Å². The van der Waals surface area contributed by atoms with Crippen molar-refractivity contribution in [3.05, 3.63) is 60.4 Å². The number of morpholine rings is 1. The molecule has 35 heavy (non-hydrogen) atoms. The highest BCUT2D eigenvalue weighted by Gasteiger charge is 2.26. The lowest BCUT2D eigenvalue weighted by Crippen LogP contribution is -2.44. The fourth-order valence-electron chi connectivity index (χ4n) is 4.83. The average Bonchev–Trinajstić information content (AvgIpc) is 3.58. The number of nitrogens with zero attached hydrogens (tertiary/aromatic N) is 7. The lowest BCUT2D eigenvalue weighted by atomic mass is 10.1. The number of aromatic amines is 1. The van der Waals surface area contributed by atoms with Gasteiger partial charge >= 0.3 is 0 Å². The Morgan fingerprint density at radius 2 is 2.06 bits per heavy atom. The van der Waals surface area contributed by atoms with E-state index in [1.54, 1.807) is 16.9 Å². The van der Waals surface area contributed by atoms with Crippen LogP contribution < -0.4 is 4.90 Å². The number of pyridine rings is 1. The van der Waals surface area contributed by atoms with E-state index in [9.17, 15) is 5.11 Å². The van der Waals surface area contributed by atoms with E-state index in [-0.39, 0.29) is 11.8 Å². The van der Waals surface area contributed by atoms with Gasteiger partial charge in [-0.25, -0.2) is 14.2 Å². The molecule has 0 unspecified atom stereocenters. The molecule has 0 amide bonds. The smallest absolute Gasteiger partial charge is 0.167 e. The molecule has 2 N–H and O–H groups in total. The molecule has 6 heterocycles. The second-order valence-electron chi connectivity index (χ2n) is 8.85. The molecule has 1 aliphatic heterocycles. The second-order valence-corrected chi connectivity index (χ2v) is 8.85. The van der Waals surface area contributed by atoms with Gasteiger partial charge in [0.1, 0.15) is 11.6 Å². The molecule has 5 aromatic heterocycles. The zero-order valence-electron chi connectivity index (χ0n) is 19.8. The molecule has 5 aromatic rings. The van der Waals surface area contributed by atoms with Crippen molar-refractivity contribution in [1.29, 1.82) is 0 Å². The maximum Gasteiger partial charge on any atom is 0.167 e. The zero-order chi connectivity index (χ0) is 24.1. The third-order valence-corrected chi connectivity index (χ3v) is 6.51. The van der Waals surface area contributed by atoms with Crippen LogP contribution in [0.2, 0.25) is 0 Å². The number of aromatic hydroxyl groups is 1. The maximum atomic E-state index is 9.95. The van der Waals surface area contributed by atoms with Crippen LogP contribution in [0.5, 0.6) is 5.75 Å². The highest BCUT2D eigenvalue weighted by Crippen LogP contribution is 2.34. The van der Waals surface area contributed by atoms with Gasteiger partial charge in [0.15, 0.2) is 5.65 Å². The van der Waals surface area contributed by atoms with Crippen LogP contribution >= 0.6 is 0 Å². The standard InChI is InChI=1S/C25H26N8O2/c1-15-14-35-8-7-31(15)23-10-22(33-25(29-23)20(13-28-33)21-5-4-6-27-21)24-16(2)30-32(17(24)3)18-9-19(34)12-26-11-18/h4-6,9-13,15,27,34H,7-8,14H2,1-3H3/t15-/m1/s1. The Hall–Kier alpha value is -4.18. The van der Waals surface area contributed by atoms with Crippen LogP contribution in [-0.2, 0) is 4.74 Å². The molecule has 10 heteroatoms. The minimum Gasteiger partial charge on any atom is -0.506 e. The van der Waals surface area contributed by atoms with Crippen LogP contribution in [0.15, 0.2) is 49.1 Å². The fourth-order valence-corrected chi connectivity index (χ4v) is 4.83. The number of hydrogen-bond acceptors (Lipinski definition) is 7. The van der Waals surface area contributed by atoms with Crippen molar-refractivity contribution in [3.63, 3.8) is 0 Å². The normalized spacial score (nSPS) is 16.3. The summed E-state index contributed by atoms with van der Waals surface area (Å²) in [6.07, 6.45) is 6.83. The van der Waals surface area contributed by atoms with E-state index in [0.29, 0.717) is 18.9 Å². The molecule has 10 nitrogen and oxygen atoms in total. The molecule has 0 spiro atoms. The van der Waals surface area contributed by atoms with E-state index in [2.05, 4.69) is 27.9 Å². The molecular weight excluding hydrogens is 444 g/mol. The van der Waals surface area contributed by atoms with Crippen LogP contribution in [0.3, 0.4) is 0 Å². The molecule has 178 valence electrons. The van der Waals surface area contributed by atoms with Crippen molar-refractivity contribution < 1.29 is 9.84 Å². The number of rotatable bonds is 4. The van der Waals surface area contributed by atoms with Crippen molar-refractivity contribution in [1.82, 2.24) is 34.3 Å². The number of ether oxygens (including phenoxy) is 1. The third-order valence-electron chi connectivity index (χ3n) is 6.51. The van der Waals surface area contributed by atoms with Crippen molar-refractivity contribution in [3.8, 4) is 34.0 Å². The minimum absolute atomic E-state index is 0.0918. The zero-order valence-corrected chi connectivity index (χ0v) is 19.8. The summed E-state index contributed by atoms with van der Waals surface area (Å²) in [7, 11) is 0. The van der Waals surface area contributed by atoms with Gasteiger partial charge in [-0.15, -0.1) is 0 Å². The number of H-pyrrole nitrogens is 1. The molecule has 1 fully saturated rings. The summed E-state index contributed by atoms with van der Waals surface area (Å²) < 4.78 is 9.36. The summed E-state index contributed by atoms with van der Waals surface area (Å²) in [5, 5.41) is 19.5. The van der Waals surface area contributed by atoms with Gasteiger partial charge in [0, 0.05) is 30.4 Å². The van der Waals surface area contributed by atoms with Crippen LogP contribution in [0, 0.1) is 13.8 Å². The van der Waals surface area contributed by atoms with Gasteiger partial charge in [-0.05, 0) is 32.9 Å². The van der Waals surface area contributed by atoms with Crippen molar-refractivity contribution in [2.45, 2.75) is 26.8 Å². The summed E-state index contributed by atoms with van der Waals surface area (Å²) >= 11 is 0. The summed E-state index contributed by atoms with van der Waals surface area (Å²) in [5.41, 5.74) is 6.97. The van der Waals surface area contributed by atoms with Gasteiger partial charge in [0.05, 0.1) is 71.9 Å². The number of nitrogens with one attached hydrogen (secondary N) is 1. The first-order valence-corrected chi connectivity index (χ1v) is 11.6. The van der Waals surface area contributed by atoms with Gasteiger partial charge in [-0.1, -0.05) is 0 Å². The lowest BCUT2D eigenvalue weighted by Gasteiger charge is -2.34. The third kappa shape index (κ3) is 3.53. The van der Waals surface area contributed by atoms with E-state index in [0.717, 1.165) is 51.9 Å². The van der Waals surface area contributed by atoms with Gasteiger partial charge in [0.25, 0.3) is 0 Å². The van der Waals surface area contributed by atoms with Gasteiger partial charge in [-0.2, -0.15) is 10.2 Å². The first-order valence-electron chi connectivity index (χ1n) is 11.6. The Kier molecular flexibility index (Phi) is 5.03. The molecule has 0 aromatic carbocycles. The van der Waals surface area contributed by atoms with Gasteiger partial charge in [0.2, 0.25) is 0 Å². The first kappa shape index (κ1) is 21.4. The number of aryl methyl sites for hydroxylation is 1. The molecule has 6 rings (SSSR count). The number of fused-ring (bicyclic) bond motifs is 1. The number of aromatic nitrogens is 7. The molecule has 0 radical (unpaired) electrons. The molecule has 0 bridgehead atoms. The molecular formula is C25H26N8O2. The van der Waals surface area contributed by atoms with E-state index < -0.39 is 0 Å². The summed E-state index contributed by atoms with van der Waals surface area (Å²) in [6, 6.07) is 7.92.